The molecule has 13 rings (SSSR count). The molecule has 8 nitrogen and oxygen atoms in total. The fourth-order valence-corrected chi connectivity index (χ4v) is 10.4. The van der Waals surface area contributed by atoms with E-state index in [0.717, 1.165) is 105 Å². The summed E-state index contributed by atoms with van der Waals surface area (Å²) < 4.78 is 4.60. The normalized spacial score (nSPS) is 11.2. The van der Waals surface area contributed by atoms with Gasteiger partial charge in [0.05, 0.1) is 63.3 Å². The Kier molecular flexibility index (Phi) is 10.5. The molecular formula is C66H38N8. The minimum absolute atomic E-state index is 0.479. The van der Waals surface area contributed by atoms with Gasteiger partial charge in [-0.1, -0.05) is 164 Å². The highest BCUT2D eigenvalue weighted by atomic mass is 15.0. The van der Waals surface area contributed by atoms with E-state index in [2.05, 4.69) is 178 Å². The Morgan fingerprint density at radius 3 is 1.19 bits per heavy atom. The summed E-state index contributed by atoms with van der Waals surface area (Å²) in [5.74, 6) is 1.45. The summed E-state index contributed by atoms with van der Waals surface area (Å²) in [6.07, 6.45) is 0. The first kappa shape index (κ1) is 43.3. The predicted molar refractivity (Wildman–Crippen MR) is 297 cm³/mol. The van der Waals surface area contributed by atoms with Crippen molar-refractivity contribution in [3.63, 3.8) is 0 Å². The third-order valence-electron chi connectivity index (χ3n) is 13.9. The molecule has 0 bridgehead atoms. The largest absolute Gasteiger partial charge is 0.309 e. The maximum Gasteiger partial charge on any atom is 0.187 e. The minimum atomic E-state index is 0.479. The van der Waals surface area contributed by atoms with Gasteiger partial charge >= 0.3 is 0 Å². The van der Waals surface area contributed by atoms with Crippen molar-refractivity contribution >= 4 is 49.3 Å². The number of aromatic nitrogens is 5. The lowest BCUT2D eigenvalue weighted by Crippen LogP contribution is -2.03. The molecule has 0 unspecified atom stereocenters. The van der Waals surface area contributed by atoms with E-state index in [-0.39, 0.29) is 0 Å². The highest BCUT2D eigenvalue weighted by molar-refractivity contribution is 6.11. The molecule has 0 fully saturated rings. The molecule has 0 aliphatic carbocycles. The molecule has 8 heteroatoms. The van der Waals surface area contributed by atoms with Gasteiger partial charge in [-0.05, 0) is 89.0 Å². The van der Waals surface area contributed by atoms with Gasteiger partial charge in [-0.25, -0.2) is 19.8 Å². The summed E-state index contributed by atoms with van der Waals surface area (Å²) in [5.41, 5.74) is 15.8. The molecule has 0 N–H and O–H groups in total. The Balaban J connectivity index is 1.06. The predicted octanol–water partition coefficient (Wildman–Crippen LogP) is 16.4. The minimum Gasteiger partial charge on any atom is -0.309 e. The molecule has 0 saturated carbocycles. The molecule has 0 aliphatic rings. The maximum atomic E-state index is 10.0. The number of hydrogen-bond acceptors (Lipinski definition) is 5. The molecule has 0 amide bonds. The van der Waals surface area contributed by atoms with Crippen molar-refractivity contribution in [2.24, 2.45) is 0 Å². The van der Waals surface area contributed by atoms with E-state index in [1.165, 1.54) is 0 Å². The molecule has 0 aliphatic heterocycles. The topological polar surface area (TPSA) is 100 Å². The van der Waals surface area contributed by atoms with E-state index in [9.17, 15) is 10.5 Å². The lowest BCUT2D eigenvalue weighted by Gasteiger charge is -2.17. The Morgan fingerprint density at radius 1 is 0.338 bits per heavy atom. The van der Waals surface area contributed by atoms with Crippen molar-refractivity contribution in [2.75, 3.05) is 0 Å². The molecule has 13 aromatic rings. The number of para-hydroxylation sites is 4. The van der Waals surface area contributed by atoms with Crippen LogP contribution in [0.25, 0.3) is 127 Å². The third kappa shape index (κ3) is 7.42. The summed E-state index contributed by atoms with van der Waals surface area (Å²) >= 11 is 0. The lowest BCUT2D eigenvalue weighted by atomic mass is 9.98. The average Bonchev–Trinajstić information content (AvgIpc) is 4.03. The Hall–Kier alpha value is -10.7. The second-order valence-electron chi connectivity index (χ2n) is 18.1. The van der Waals surface area contributed by atoms with E-state index >= 15 is 0 Å². The summed E-state index contributed by atoms with van der Waals surface area (Å²) in [7, 11) is 0. The molecular weight excluding hydrogens is 905 g/mol. The van der Waals surface area contributed by atoms with Crippen LogP contribution in [-0.4, -0.2) is 24.1 Å². The van der Waals surface area contributed by atoms with Crippen LogP contribution in [0.2, 0.25) is 0 Å². The van der Waals surface area contributed by atoms with Gasteiger partial charge in [0.1, 0.15) is 0 Å². The van der Waals surface area contributed by atoms with Gasteiger partial charge in [0.2, 0.25) is 0 Å². The van der Waals surface area contributed by atoms with Gasteiger partial charge in [-0.15, -0.1) is 0 Å². The van der Waals surface area contributed by atoms with Gasteiger partial charge in [0.25, 0.3) is 0 Å². The molecule has 3 aromatic heterocycles. The van der Waals surface area contributed by atoms with Crippen molar-refractivity contribution in [3.8, 4) is 91.1 Å². The summed E-state index contributed by atoms with van der Waals surface area (Å²) in [5, 5.41) is 24.0. The van der Waals surface area contributed by atoms with Crippen molar-refractivity contribution in [2.45, 2.75) is 0 Å². The number of rotatable bonds is 8. The molecule has 0 radical (unpaired) electrons. The SMILES string of the molecule is [C-]#[N+]c1cccc(-c2ccc(-c3nc(-c4ccc(-c5ccc(C#N)cc5)cc4)nc(-c4ccc(-c5cccc(C#N)c5)c(-n5c6ccccc6c6ccccc65)c4)n3)cc2-n2c3ccccc3c3ccccc32)c1. The standard InChI is InChI=1S/C66H38N8/c1-69-51-15-11-14-48(37-51)53-35-33-50(39-63(53)74-60-22-8-4-18-56(60)57-19-5-9-23-61(57)74)66-71-64(46-30-28-45(29-31-46)44-26-24-42(40-67)25-27-44)70-65(72-66)49-32-34-52(47-13-10-12-43(36-47)41-68)62(38-49)73-58-20-6-2-16-54(58)55-17-3-7-21-59(55)73/h2-39H. The number of hydrogen-bond donors (Lipinski definition) is 0. The fraction of sp³-hybridized carbons (Fsp3) is 0. The highest BCUT2D eigenvalue weighted by Gasteiger charge is 2.22. The fourth-order valence-electron chi connectivity index (χ4n) is 10.4. The van der Waals surface area contributed by atoms with Crippen molar-refractivity contribution < 1.29 is 0 Å². The van der Waals surface area contributed by atoms with Gasteiger partial charge in [0.15, 0.2) is 23.2 Å². The zero-order valence-electron chi connectivity index (χ0n) is 39.5. The molecule has 3 heterocycles. The Labute approximate surface area is 426 Å². The summed E-state index contributed by atoms with van der Waals surface area (Å²) in [4.78, 5) is 19.8. The molecule has 342 valence electrons. The van der Waals surface area contributed by atoms with Gasteiger partial charge in [-0.3, -0.25) is 0 Å². The number of benzene rings is 10. The number of nitrogens with zero attached hydrogens (tertiary/aromatic N) is 8. The van der Waals surface area contributed by atoms with Gasteiger partial charge in [-0.2, -0.15) is 10.5 Å². The number of fused-ring (bicyclic) bond motifs is 6. The maximum absolute atomic E-state index is 10.0. The number of nitriles is 2. The first-order valence-corrected chi connectivity index (χ1v) is 24.1. The van der Waals surface area contributed by atoms with Gasteiger partial charge < -0.3 is 9.13 Å². The smallest absolute Gasteiger partial charge is 0.187 e. The quantitative estimate of drug-likeness (QED) is 0.141. The van der Waals surface area contributed by atoms with Crippen LogP contribution in [0, 0.1) is 29.2 Å². The van der Waals surface area contributed by atoms with Crippen LogP contribution in [0.3, 0.4) is 0 Å². The lowest BCUT2D eigenvalue weighted by molar-refractivity contribution is 1.07. The van der Waals surface area contributed by atoms with Crippen LogP contribution < -0.4 is 0 Å². The van der Waals surface area contributed by atoms with Crippen molar-refractivity contribution in [3.05, 3.63) is 253 Å². The van der Waals surface area contributed by atoms with E-state index in [0.29, 0.717) is 34.3 Å². The molecule has 0 atom stereocenters. The molecule has 10 aromatic carbocycles. The van der Waals surface area contributed by atoms with Crippen LogP contribution in [0.1, 0.15) is 11.1 Å². The average molecular weight is 943 g/mol. The van der Waals surface area contributed by atoms with Crippen molar-refractivity contribution in [1.29, 1.82) is 10.5 Å². The first-order chi connectivity index (χ1) is 36.5. The van der Waals surface area contributed by atoms with E-state index < -0.39 is 0 Å². The van der Waals surface area contributed by atoms with E-state index in [4.69, 9.17) is 21.5 Å². The molecule has 0 spiro atoms. The molecule has 0 saturated heterocycles. The van der Waals surface area contributed by atoms with Gasteiger partial charge in [0, 0.05) is 49.4 Å². The summed E-state index contributed by atoms with van der Waals surface area (Å²) in [6.45, 7) is 7.88. The van der Waals surface area contributed by atoms with Crippen molar-refractivity contribution in [1.82, 2.24) is 24.1 Å². The van der Waals surface area contributed by atoms with Crippen LogP contribution in [0.4, 0.5) is 5.69 Å². The third-order valence-corrected chi connectivity index (χ3v) is 13.9. The Morgan fingerprint density at radius 2 is 0.730 bits per heavy atom. The zero-order chi connectivity index (χ0) is 49.7. The first-order valence-electron chi connectivity index (χ1n) is 24.1. The second-order valence-corrected chi connectivity index (χ2v) is 18.1. The van der Waals surface area contributed by atoms with Crippen LogP contribution in [-0.2, 0) is 0 Å². The Bertz CT molecular complexity index is 4180. The van der Waals surface area contributed by atoms with Crippen LogP contribution in [0.5, 0.6) is 0 Å². The second kappa shape index (κ2) is 17.9. The van der Waals surface area contributed by atoms with E-state index in [1.807, 2.05) is 78.9 Å². The van der Waals surface area contributed by atoms with E-state index in [1.54, 1.807) is 0 Å². The van der Waals surface area contributed by atoms with Crippen LogP contribution >= 0.6 is 0 Å². The summed E-state index contributed by atoms with van der Waals surface area (Å²) in [6, 6.07) is 82.2. The highest BCUT2D eigenvalue weighted by Crippen LogP contribution is 2.41. The monoisotopic (exact) mass is 942 g/mol. The van der Waals surface area contributed by atoms with Crippen LogP contribution in [0.15, 0.2) is 231 Å². The molecule has 74 heavy (non-hydrogen) atoms. The zero-order valence-corrected chi connectivity index (χ0v) is 39.5.